The first-order valence-corrected chi connectivity index (χ1v) is 13.0. The third kappa shape index (κ3) is 6.20. The molecule has 4 aromatic rings. The molecule has 3 aromatic carbocycles. The van der Waals surface area contributed by atoms with E-state index >= 15 is 0 Å². The first kappa shape index (κ1) is 24.7. The molecular weight excluding hydrogens is 454 g/mol. The zero-order chi connectivity index (χ0) is 24.6. The van der Waals surface area contributed by atoms with Crippen LogP contribution in [0.2, 0.25) is 0 Å². The molecule has 0 aliphatic carbocycles. The van der Waals surface area contributed by atoms with Crippen molar-refractivity contribution >= 4 is 17.5 Å². The van der Waals surface area contributed by atoms with Crippen LogP contribution in [0, 0.1) is 0 Å². The van der Waals surface area contributed by atoms with Crippen LogP contribution in [-0.2, 0) is 19.4 Å². The van der Waals surface area contributed by atoms with Gasteiger partial charge in [-0.1, -0.05) is 92.3 Å². The average molecular weight is 486 g/mol. The summed E-state index contributed by atoms with van der Waals surface area (Å²) in [5.74, 6) is 1.89. The van der Waals surface area contributed by atoms with Crippen molar-refractivity contribution in [1.29, 1.82) is 0 Å². The van der Waals surface area contributed by atoms with Crippen LogP contribution in [0.3, 0.4) is 0 Å². The predicted molar refractivity (Wildman–Crippen MR) is 141 cm³/mol. The maximum atomic E-state index is 12.8. The van der Waals surface area contributed by atoms with Gasteiger partial charge in [0.05, 0.1) is 11.8 Å². The lowest BCUT2D eigenvalue weighted by Gasteiger charge is -2.18. The van der Waals surface area contributed by atoms with Gasteiger partial charge in [0.2, 0.25) is 0 Å². The molecule has 0 N–H and O–H groups in total. The van der Waals surface area contributed by atoms with E-state index in [9.17, 15) is 4.79 Å². The van der Waals surface area contributed by atoms with Gasteiger partial charge in [0.25, 0.3) is 0 Å². The van der Waals surface area contributed by atoms with Crippen LogP contribution in [0.25, 0.3) is 0 Å². The van der Waals surface area contributed by atoms with Crippen molar-refractivity contribution < 1.29 is 9.53 Å². The summed E-state index contributed by atoms with van der Waals surface area (Å²) in [5.41, 5.74) is 4.35. The molecule has 0 saturated carbocycles. The van der Waals surface area contributed by atoms with E-state index in [-0.39, 0.29) is 11.8 Å². The standard InChI is InChI=1S/C29H31N3O2S/c1-4-22-11-15-25(16-12-22)27(33)20-35-29-31-30-28(19-34-26-17-13-23(5-2)14-18-26)32(29)21(3)24-9-7-6-8-10-24/h6-18,21H,4-5,19-20H2,1-3H3/t21-/m0/s1. The lowest BCUT2D eigenvalue weighted by molar-refractivity contribution is 0.102. The molecule has 0 fully saturated rings. The molecule has 0 amide bonds. The SMILES string of the molecule is CCc1ccc(OCc2nnc(SCC(=O)c3ccc(CC)cc3)n2[C@@H](C)c2ccccc2)cc1. The van der Waals surface area contributed by atoms with Gasteiger partial charge in [-0.05, 0) is 48.6 Å². The lowest BCUT2D eigenvalue weighted by Crippen LogP contribution is -2.14. The highest BCUT2D eigenvalue weighted by Crippen LogP contribution is 2.28. The van der Waals surface area contributed by atoms with Crippen LogP contribution >= 0.6 is 11.8 Å². The number of rotatable bonds is 11. The van der Waals surface area contributed by atoms with Crippen LogP contribution < -0.4 is 4.74 Å². The average Bonchev–Trinajstić information content (AvgIpc) is 3.33. The quantitative estimate of drug-likeness (QED) is 0.178. The van der Waals surface area contributed by atoms with E-state index in [0.717, 1.165) is 35.5 Å². The molecule has 4 rings (SSSR count). The summed E-state index contributed by atoms with van der Waals surface area (Å²) in [6.07, 6.45) is 1.95. The second-order valence-corrected chi connectivity index (χ2v) is 9.35. The first-order chi connectivity index (χ1) is 17.1. The van der Waals surface area contributed by atoms with E-state index in [0.29, 0.717) is 17.5 Å². The van der Waals surface area contributed by atoms with Gasteiger partial charge in [0.1, 0.15) is 12.4 Å². The fourth-order valence-corrected chi connectivity index (χ4v) is 4.81. The molecule has 0 saturated heterocycles. The number of ketones is 1. The summed E-state index contributed by atoms with van der Waals surface area (Å²) >= 11 is 1.41. The minimum Gasteiger partial charge on any atom is -0.486 e. The number of hydrogen-bond donors (Lipinski definition) is 0. The summed E-state index contributed by atoms with van der Waals surface area (Å²) in [6.45, 7) is 6.65. The van der Waals surface area contributed by atoms with Gasteiger partial charge in [-0.25, -0.2) is 0 Å². The number of benzene rings is 3. The van der Waals surface area contributed by atoms with E-state index < -0.39 is 0 Å². The highest BCUT2D eigenvalue weighted by Gasteiger charge is 2.21. The topological polar surface area (TPSA) is 57.0 Å². The maximum absolute atomic E-state index is 12.8. The Kier molecular flexibility index (Phi) is 8.37. The van der Waals surface area contributed by atoms with E-state index in [1.807, 2.05) is 54.6 Å². The molecule has 0 aliphatic rings. The number of hydrogen-bond acceptors (Lipinski definition) is 5. The minimum absolute atomic E-state index is 0.00583. The van der Waals surface area contributed by atoms with Gasteiger partial charge in [0.15, 0.2) is 16.8 Å². The largest absolute Gasteiger partial charge is 0.486 e. The third-order valence-electron chi connectivity index (χ3n) is 6.12. The summed E-state index contributed by atoms with van der Waals surface area (Å²) in [4.78, 5) is 12.8. The van der Waals surface area contributed by atoms with Crippen LogP contribution in [0.5, 0.6) is 5.75 Å². The van der Waals surface area contributed by atoms with Crippen molar-refractivity contribution in [3.8, 4) is 5.75 Å². The van der Waals surface area contributed by atoms with E-state index in [2.05, 4.69) is 59.8 Å². The number of thioether (sulfide) groups is 1. The van der Waals surface area contributed by atoms with Crippen LogP contribution in [0.4, 0.5) is 0 Å². The van der Waals surface area contributed by atoms with Crippen molar-refractivity contribution in [1.82, 2.24) is 14.8 Å². The molecule has 180 valence electrons. The smallest absolute Gasteiger partial charge is 0.192 e. The number of carbonyl (C=O) groups is 1. The fourth-order valence-electron chi connectivity index (χ4n) is 3.88. The molecule has 1 atom stereocenters. The number of Topliss-reactive ketones (excluding diaryl/α,β-unsaturated/α-hetero) is 1. The van der Waals surface area contributed by atoms with E-state index in [1.165, 1.54) is 22.9 Å². The molecule has 0 bridgehead atoms. The monoisotopic (exact) mass is 485 g/mol. The van der Waals surface area contributed by atoms with Crippen molar-refractivity contribution in [3.05, 3.63) is 107 Å². The number of carbonyl (C=O) groups excluding carboxylic acids is 1. The van der Waals surface area contributed by atoms with Crippen LogP contribution in [0.1, 0.15) is 59.7 Å². The van der Waals surface area contributed by atoms with Gasteiger partial charge < -0.3 is 4.74 Å². The third-order valence-corrected chi connectivity index (χ3v) is 7.06. The molecule has 0 radical (unpaired) electrons. The highest BCUT2D eigenvalue weighted by atomic mass is 32.2. The molecule has 0 spiro atoms. The predicted octanol–water partition coefficient (Wildman–Crippen LogP) is 6.57. The number of ether oxygens (including phenoxy) is 1. The normalized spacial score (nSPS) is 11.9. The zero-order valence-corrected chi connectivity index (χ0v) is 21.3. The second kappa shape index (κ2) is 11.8. The van der Waals surface area contributed by atoms with Crippen molar-refractivity contribution in [3.63, 3.8) is 0 Å². The molecule has 6 heteroatoms. The van der Waals surface area contributed by atoms with Gasteiger partial charge >= 0.3 is 0 Å². The molecule has 0 unspecified atom stereocenters. The molecule has 1 heterocycles. The van der Waals surface area contributed by atoms with Gasteiger partial charge in [-0.3, -0.25) is 9.36 Å². The minimum atomic E-state index is -0.00583. The number of nitrogens with zero attached hydrogens (tertiary/aromatic N) is 3. The summed E-state index contributed by atoms with van der Waals surface area (Å²) in [6, 6.07) is 26.2. The molecule has 0 aliphatic heterocycles. The summed E-state index contributed by atoms with van der Waals surface area (Å²) in [7, 11) is 0. The Morgan fingerprint density at radius 3 is 2.14 bits per heavy atom. The Bertz CT molecular complexity index is 1240. The molecule has 1 aromatic heterocycles. The molecule has 5 nitrogen and oxygen atoms in total. The fraction of sp³-hybridized carbons (Fsp3) is 0.276. The molecular formula is C29H31N3O2S. The summed E-state index contributed by atoms with van der Waals surface area (Å²) < 4.78 is 8.13. The van der Waals surface area contributed by atoms with Gasteiger partial charge in [-0.15, -0.1) is 10.2 Å². The van der Waals surface area contributed by atoms with Gasteiger partial charge in [-0.2, -0.15) is 0 Å². The Labute approximate surface area is 211 Å². The molecule has 35 heavy (non-hydrogen) atoms. The van der Waals surface area contributed by atoms with Crippen molar-refractivity contribution in [2.75, 3.05) is 5.75 Å². The first-order valence-electron chi connectivity index (χ1n) is 12.0. The van der Waals surface area contributed by atoms with Crippen LogP contribution in [-0.4, -0.2) is 26.3 Å². The second-order valence-electron chi connectivity index (χ2n) is 8.40. The number of aryl methyl sites for hydroxylation is 2. The van der Waals surface area contributed by atoms with E-state index in [1.54, 1.807) is 0 Å². The van der Waals surface area contributed by atoms with Crippen molar-refractivity contribution in [2.45, 2.75) is 51.4 Å². The Morgan fingerprint density at radius 1 is 0.886 bits per heavy atom. The van der Waals surface area contributed by atoms with Crippen molar-refractivity contribution in [2.24, 2.45) is 0 Å². The van der Waals surface area contributed by atoms with E-state index in [4.69, 9.17) is 4.74 Å². The van der Waals surface area contributed by atoms with Gasteiger partial charge in [0, 0.05) is 5.56 Å². The summed E-state index contributed by atoms with van der Waals surface area (Å²) in [5, 5.41) is 9.59. The highest BCUT2D eigenvalue weighted by molar-refractivity contribution is 7.99. The lowest BCUT2D eigenvalue weighted by atomic mass is 10.1. The Balaban J connectivity index is 1.53. The maximum Gasteiger partial charge on any atom is 0.192 e. The number of aromatic nitrogens is 3. The zero-order valence-electron chi connectivity index (χ0n) is 20.5. The Morgan fingerprint density at radius 2 is 1.51 bits per heavy atom. The van der Waals surface area contributed by atoms with Crippen LogP contribution in [0.15, 0.2) is 84.0 Å². The Hall–Kier alpha value is -3.38.